The van der Waals surface area contributed by atoms with Gasteiger partial charge in [0, 0.05) is 31.1 Å². The zero-order valence-electron chi connectivity index (χ0n) is 37.1. The molecule has 7 aliphatic rings. The van der Waals surface area contributed by atoms with Crippen molar-refractivity contribution < 1.29 is 54.8 Å². The van der Waals surface area contributed by atoms with Gasteiger partial charge in [-0.1, -0.05) is 82.7 Å². The summed E-state index contributed by atoms with van der Waals surface area (Å²) >= 11 is 0. The molecule has 1 aromatic rings. The van der Waals surface area contributed by atoms with Crippen LogP contribution in [0, 0.1) is 68.0 Å². The highest BCUT2D eigenvalue weighted by Gasteiger charge is 2.77. The van der Waals surface area contributed by atoms with Gasteiger partial charge in [0.15, 0.2) is 6.29 Å². The van der Waals surface area contributed by atoms with E-state index in [0.717, 1.165) is 30.5 Å². The molecule has 0 amide bonds. The molecule has 0 spiro atoms. The van der Waals surface area contributed by atoms with Crippen LogP contribution in [0.4, 0.5) is 0 Å². The number of carboxylic acids is 1. The molecule has 12 nitrogen and oxygen atoms in total. The Morgan fingerprint density at radius 1 is 0.885 bits per heavy atom. The molecular formula is C49H73NO11. The van der Waals surface area contributed by atoms with Crippen LogP contribution in [0.5, 0.6) is 0 Å². The lowest BCUT2D eigenvalue weighted by Gasteiger charge is -2.77. The summed E-state index contributed by atoms with van der Waals surface area (Å²) in [5, 5.41) is 79.6. The average Bonchev–Trinajstić information content (AvgIpc) is 3.23. The molecule has 4 bridgehead atoms. The fourth-order valence-corrected chi connectivity index (χ4v) is 15.4. The SMILES string of the molecule is CNCc1ccc(CO[C@H]2[C@@H](O[C@@H]3OC[C@@H](O)[C@H](O)[C@H]3O)[C@@](C)(CO)[C@H]3[C@H]4C=C[C@@H]2[C@]3(C)[C@H]2[C@H](CCCO)C=C3[C@@H]5C[C@@](C)(CO)CC[C@]5(C(=O)O)CC[C@@]3(C)[C@]2(C)C4)cc1. The van der Waals surface area contributed by atoms with Crippen LogP contribution < -0.4 is 5.32 Å². The maximum absolute atomic E-state index is 13.5. The Balaban J connectivity index is 1.27. The molecule has 0 unspecified atom stereocenters. The first kappa shape index (κ1) is 45.3. The molecule has 0 aromatic heterocycles. The monoisotopic (exact) mass is 852 g/mol. The summed E-state index contributed by atoms with van der Waals surface area (Å²) in [4.78, 5) is 13.5. The van der Waals surface area contributed by atoms with E-state index in [4.69, 9.17) is 14.2 Å². The Hall–Kier alpha value is -2.23. The molecule has 1 heterocycles. The molecule has 5 fully saturated rings. The van der Waals surface area contributed by atoms with Crippen LogP contribution in [0.3, 0.4) is 0 Å². The first-order chi connectivity index (χ1) is 28.9. The van der Waals surface area contributed by atoms with Crippen molar-refractivity contribution in [2.45, 2.75) is 136 Å². The molecule has 1 aliphatic heterocycles. The second kappa shape index (κ2) is 16.3. The summed E-state index contributed by atoms with van der Waals surface area (Å²) in [6.45, 7) is 12.0. The quantitative estimate of drug-likeness (QED) is 0.102. The molecular weight excluding hydrogens is 779 g/mol. The third-order valence-electron chi connectivity index (χ3n) is 18.5. The summed E-state index contributed by atoms with van der Waals surface area (Å²) < 4.78 is 19.9. The minimum Gasteiger partial charge on any atom is -0.481 e. The first-order valence-electron chi connectivity index (χ1n) is 23.0. The van der Waals surface area contributed by atoms with Gasteiger partial charge < -0.3 is 55.3 Å². The molecule has 4 saturated carbocycles. The number of fused-ring (bicyclic) bond motifs is 5. The minimum absolute atomic E-state index is 0.00548. The van der Waals surface area contributed by atoms with Crippen LogP contribution in [-0.4, -0.2) is 112 Å². The summed E-state index contributed by atoms with van der Waals surface area (Å²) in [7, 11) is 1.91. The lowest BCUT2D eigenvalue weighted by molar-refractivity contribution is -0.348. The van der Waals surface area contributed by atoms with E-state index in [1.165, 1.54) is 5.57 Å². The van der Waals surface area contributed by atoms with Gasteiger partial charge in [0.25, 0.3) is 0 Å². The molecule has 340 valence electrons. The lowest BCUT2D eigenvalue weighted by atomic mass is 9.28. The summed E-state index contributed by atoms with van der Waals surface area (Å²) in [6.07, 6.45) is 5.37. The van der Waals surface area contributed by atoms with E-state index in [9.17, 15) is 40.5 Å². The number of hydrogen-bond donors (Lipinski definition) is 8. The maximum atomic E-state index is 13.5. The number of rotatable bonds is 13. The van der Waals surface area contributed by atoms with Crippen molar-refractivity contribution >= 4 is 5.97 Å². The van der Waals surface area contributed by atoms with Gasteiger partial charge in [-0.3, -0.25) is 4.79 Å². The third-order valence-corrected chi connectivity index (χ3v) is 18.5. The Bertz CT molecular complexity index is 1840. The van der Waals surface area contributed by atoms with Crippen molar-refractivity contribution in [3.8, 4) is 0 Å². The second-order valence-electron chi connectivity index (χ2n) is 21.8. The number of carbonyl (C=O) groups is 1. The van der Waals surface area contributed by atoms with Gasteiger partial charge in [-0.25, -0.2) is 0 Å². The van der Waals surface area contributed by atoms with Crippen LogP contribution in [-0.2, 0) is 32.2 Å². The van der Waals surface area contributed by atoms with Crippen molar-refractivity contribution in [2.24, 2.45) is 68.0 Å². The summed E-state index contributed by atoms with van der Waals surface area (Å²) in [5.74, 6) is -1.29. The number of hydrogen-bond acceptors (Lipinski definition) is 11. The summed E-state index contributed by atoms with van der Waals surface area (Å²) in [6, 6.07) is 8.27. The Morgan fingerprint density at radius 2 is 1.59 bits per heavy atom. The van der Waals surface area contributed by atoms with Gasteiger partial charge in [-0.2, -0.15) is 0 Å². The van der Waals surface area contributed by atoms with Crippen LogP contribution in [0.15, 0.2) is 48.1 Å². The topological polar surface area (TPSA) is 198 Å². The highest BCUT2D eigenvalue weighted by atomic mass is 16.7. The van der Waals surface area contributed by atoms with Crippen LogP contribution in [0.1, 0.15) is 97.1 Å². The Kier molecular flexibility index (Phi) is 12.1. The predicted molar refractivity (Wildman–Crippen MR) is 227 cm³/mol. The van der Waals surface area contributed by atoms with Crippen LogP contribution in [0.2, 0.25) is 0 Å². The third kappa shape index (κ3) is 6.78. The van der Waals surface area contributed by atoms with Gasteiger partial charge in [0.1, 0.15) is 18.3 Å². The number of carboxylic acid groups (broad SMARTS) is 1. The molecule has 0 radical (unpaired) electrons. The first-order valence-corrected chi connectivity index (χ1v) is 23.0. The average molecular weight is 852 g/mol. The van der Waals surface area contributed by atoms with Gasteiger partial charge in [-0.05, 0) is 121 Å². The van der Waals surface area contributed by atoms with Crippen molar-refractivity contribution in [1.82, 2.24) is 5.32 Å². The normalized spacial score (nSPS) is 48.7. The van der Waals surface area contributed by atoms with E-state index in [1.54, 1.807) is 0 Å². The van der Waals surface area contributed by atoms with E-state index in [0.29, 0.717) is 38.5 Å². The molecule has 1 saturated heterocycles. The van der Waals surface area contributed by atoms with Crippen LogP contribution in [0.25, 0.3) is 0 Å². The lowest BCUT2D eigenvalue weighted by Crippen LogP contribution is -2.75. The predicted octanol–water partition coefficient (Wildman–Crippen LogP) is 4.58. The number of ether oxygens (including phenoxy) is 3. The summed E-state index contributed by atoms with van der Waals surface area (Å²) in [5.41, 5.74) is -0.0465. The Labute approximate surface area is 361 Å². The molecule has 61 heavy (non-hydrogen) atoms. The standard InChI is InChI=1S/C49H73NO11/c1-44(26-52)15-17-49(43(57)58)18-16-46(3)33(34(49)22-44)20-30(8-7-19-51)40-47(46,4)21-31-13-14-32-38(59-24-29-11-9-28(10-12-29)23-50-6)41(45(2,27-53)39(31)48(32,40)5)61-42-37(56)36(55)35(54)25-60-42/h9-14,20,30-32,34-42,50-56H,7-8,15-19,21-27H2,1-6H3,(H,57,58)/t30-,31+,32+,34+,35-,36+,37-,38-,39-,40+,41-,42+,44+,45+,46-,47-,48+,49+/m1/s1. The van der Waals surface area contributed by atoms with Crippen molar-refractivity contribution in [3.63, 3.8) is 0 Å². The molecule has 18 atom stereocenters. The number of nitrogens with one attached hydrogen (secondary N) is 1. The Morgan fingerprint density at radius 3 is 2.25 bits per heavy atom. The number of aliphatic hydroxyl groups is 6. The number of aliphatic hydroxyl groups excluding tert-OH is 6. The molecule has 1 aromatic carbocycles. The van der Waals surface area contributed by atoms with E-state index in [1.807, 2.05) is 7.05 Å². The van der Waals surface area contributed by atoms with Gasteiger partial charge in [0.2, 0.25) is 0 Å². The molecule has 6 aliphatic carbocycles. The fraction of sp³-hybridized carbons (Fsp3) is 0.776. The van der Waals surface area contributed by atoms with Gasteiger partial charge in [-0.15, -0.1) is 0 Å². The maximum Gasteiger partial charge on any atom is 0.310 e. The molecule has 8 N–H and O–H groups in total. The van der Waals surface area contributed by atoms with Gasteiger partial charge in [0.05, 0.1) is 37.4 Å². The van der Waals surface area contributed by atoms with Crippen molar-refractivity contribution in [2.75, 3.05) is 33.5 Å². The zero-order valence-corrected chi connectivity index (χ0v) is 37.1. The number of allylic oxidation sites excluding steroid dienone is 3. The van der Waals surface area contributed by atoms with Crippen molar-refractivity contribution in [3.05, 3.63) is 59.2 Å². The smallest absolute Gasteiger partial charge is 0.310 e. The fourth-order valence-electron chi connectivity index (χ4n) is 15.4. The highest BCUT2D eigenvalue weighted by Crippen LogP contribution is 2.80. The van der Waals surface area contributed by atoms with E-state index in [-0.39, 0.29) is 84.8 Å². The van der Waals surface area contributed by atoms with E-state index in [2.05, 4.69) is 82.4 Å². The number of aliphatic carboxylic acids is 1. The number of benzene rings is 1. The van der Waals surface area contributed by atoms with Crippen molar-refractivity contribution in [1.29, 1.82) is 0 Å². The van der Waals surface area contributed by atoms with Crippen LogP contribution >= 0.6 is 0 Å². The zero-order chi connectivity index (χ0) is 43.9. The molecule has 12 heteroatoms. The van der Waals surface area contributed by atoms with E-state index >= 15 is 0 Å². The second-order valence-corrected chi connectivity index (χ2v) is 21.8. The molecule has 8 rings (SSSR count). The largest absolute Gasteiger partial charge is 0.481 e. The van der Waals surface area contributed by atoms with Gasteiger partial charge >= 0.3 is 5.97 Å². The highest BCUT2D eigenvalue weighted by molar-refractivity contribution is 5.76. The van der Waals surface area contributed by atoms with E-state index < -0.39 is 59.0 Å². The minimum atomic E-state index is -1.52.